The van der Waals surface area contributed by atoms with Gasteiger partial charge in [-0.1, -0.05) is 6.07 Å². The normalized spacial score (nSPS) is 11.8. The largest absolute Gasteiger partial charge is 0.493 e. The van der Waals surface area contributed by atoms with Gasteiger partial charge in [0.15, 0.2) is 11.5 Å². The van der Waals surface area contributed by atoms with E-state index in [9.17, 15) is 8.42 Å². The van der Waals surface area contributed by atoms with Crippen LogP contribution >= 0.6 is 0 Å². The number of aromatic nitrogens is 4. The molecule has 0 saturated carbocycles. The second-order valence-electron chi connectivity index (χ2n) is 7.54. The van der Waals surface area contributed by atoms with Gasteiger partial charge in [-0.2, -0.15) is 14.5 Å². The first kappa shape index (κ1) is 23.8. The maximum Gasteiger partial charge on any atom is 0.247 e. The summed E-state index contributed by atoms with van der Waals surface area (Å²) in [6, 6.07) is 7.48. The van der Waals surface area contributed by atoms with Gasteiger partial charge in [0, 0.05) is 26.3 Å². The summed E-state index contributed by atoms with van der Waals surface area (Å²) in [7, 11) is 1.13. The van der Waals surface area contributed by atoms with E-state index >= 15 is 0 Å². The van der Waals surface area contributed by atoms with Gasteiger partial charge in [0.2, 0.25) is 10.0 Å². The van der Waals surface area contributed by atoms with Crippen LogP contribution in [0.3, 0.4) is 0 Å². The fourth-order valence-electron chi connectivity index (χ4n) is 3.79. The highest BCUT2D eigenvalue weighted by Gasteiger charge is 2.31. The van der Waals surface area contributed by atoms with E-state index in [4.69, 9.17) is 9.47 Å². The highest BCUT2D eigenvalue weighted by Crippen LogP contribution is 2.29. The monoisotopic (exact) mass is 461 g/mol. The lowest BCUT2D eigenvalue weighted by Crippen LogP contribution is -2.34. The van der Waals surface area contributed by atoms with E-state index in [1.54, 1.807) is 46.0 Å². The smallest absolute Gasteiger partial charge is 0.247 e. The molecule has 9 nitrogen and oxygen atoms in total. The second-order valence-corrected chi connectivity index (χ2v) is 9.41. The first-order chi connectivity index (χ1) is 15.2. The second kappa shape index (κ2) is 9.74. The van der Waals surface area contributed by atoms with Gasteiger partial charge in [0.25, 0.3) is 0 Å². The van der Waals surface area contributed by atoms with Crippen LogP contribution in [0.4, 0.5) is 0 Å². The van der Waals surface area contributed by atoms with E-state index in [0.717, 1.165) is 11.3 Å². The van der Waals surface area contributed by atoms with Gasteiger partial charge in [-0.25, -0.2) is 8.42 Å². The molecule has 1 aromatic carbocycles. The molecule has 0 aliphatic carbocycles. The minimum absolute atomic E-state index is 0.219. The summed E-state index contributed by atoms with van der Waals surface area (Å²) in [4.78, 5) is 0.259. The predicted molar refractivity (Wildman–Crippen MR) is 121 cm³/mol. The molecule has 174 valence electrons. The molecule has 3 rings (SSSR count). The van der Waals surface area contributed by atoms with Crippen LogP contribution in [0.2, 0.25) is 0 Å². The Balaban J connectivity index is 1.96. The zero-order valence-corrected chi connectivity index (χ0v) is 20.3. The van der Waals surface area contributed by atoms with Crippen LogP contribution in [-0.2, 0) is 36.6 Å². The topological polar surface area (TPSA) is 91.5 Å². The zero-order valence-electron chi connectivity index (χ0n) is 19.5. The third-order valence-corrected chi connectivity index (χ3v) is 7.68. The SMILES string of the molecule is CCn1nccc1CN(CCc1ccc(OC)c(OC)c1)S(=O)(=O)c1c(C)nn(C)c1C. The highest BCUT2D eigenvalue weighted by molar-refractivity contribution is 7.89. The molecule has 2 aromatic heterocycles. The van der Waals surface area contributed by atoms with Gasteiger partial charge in [0.1, 0.15) is 4.90 Å². The summed E-state index contributed by atoms with van der Waals surface area (Å²) >= 11 is 0. The molecule has 0 amide bonds. The molecular formula is C22H31N5O4S. The molecule has 0 spiro atoms. The molecule has 10 heteroatoms. The summed E-state index contributed by atoms with van der Waals surface area (Å²) < 4.78 is 43.1. The molecule has 3 aromatic rings. The maximum absolute atomic E-state index is 13.8. The van der Waals surface area contributed by atoms with E-state index < -0.39 is 10.0 Å². The lowest BCUT2D eigenvalue weighted by atomic mass is 10.1. The van der Waals surface area contributed by atoms with Crippen LogP contribution in [0.1, 0.15) is 29.6 Å². The number of rotatable bonds is 10. The van der Waals surface area contributed by atoms with Crippen LogP contribution in [0, 0.1) is 13.8 Å². The quantitative estimate of drug-likeness (QED) is 0.461. The molecule has 0 unspecified atom stereocenters. The van der Waals surface area contributed by atoms with Crippen molar-refractivity contribution in [1.29, 1.82) is 0 Å². The van der Waals surface area contributed by atoms with Crippen molar-refractivity contribution >= 4 is 10.0 Å². The van der Waals surface area contributed by atoms with E-state index in [1.165, 1.54) is 4.31 Å². The third-order valence-electron chi connectivity index (χ3n) is 5.58. The van der Waals surface area contributed by atoms with E-state index in [1.807, 2.05) is 35.9 Å². The van der Waals surface area contributed by atoms with Crippen LogP contribution in [0.5, 0.6) is 11.5 Å². The van der Waals surface area contributed by atoms with Crippen molar-refractivity contribution in [2.24, 2.45) is 7.05 Å². The molecule has 0 bridgehead atoms. The van der Waals surface area contributed by atoms with Crippen molar-refractivity contribution in [3.8, 4) is 11.5 Å². The fourth-order valence-corrected chi connectivity index (χ4v) is 5.60. The molecule has 32 heavy (non-hydrogen) atoms. The lowest BCUT2D eigenvalue weighted by molar-refractivity contribution is 0.354. The first-order valence-electron chi connectivity index (χ1n) is 10.4. The van der Waals surface area contributed by atoms with Gasteiger partial charge < -0.3 is 9.47 Å². The minimum Gasteiger partial charge on any atom is -0.493 e. The van der Waals surface area contributed by atoms with E-state index in [-0.39, 0.29) is 11.4 Å². The summed E-state index contributed by atoms with van der Waals surface area (Å²) in [5.41, 5.74) is 2.89. The summed E-state index contributed by atoms with van der Waals surface area (Å²) in [6.07, 6.45) is 2.21. The number of hydrogen-bond acceptors (Lipinski definition) is 6. The number of nitrogens with zero attached hydrogens (tertiary/aromatic N) is 5. The van der Waals surface area contributed by atoms with Gasteiger partial charge in [-0.3, -0.25) is 9.36 Å². The number of methoxy groups -OCH3 is 2. The van der Waals surface area contributed by atoms with Crippen molar-refractivity contribution in [3.05, 3.63) is 53.1 Å². The van der Waals surface area contributed by atoms with E-state index in [0.29, 0.717) is 42.4 Å². The fraction of sp³-hybridized carbons (Fsp3) is 0.455. The van der Waals surface area contributed by atoms with Crippen LogP contribution in [0.15, 0.2) is 35.4 Å². The minimum atomic E-state index is -3.79. The third kappa shape index (κ3) is 4.66. The molecule has 0 saturated heterocycles. The van der Waals surface area contributed by atoms with Gasteiger partial charge in [-0.15, -0.1) is 0 Å². The summed E-state index contributed by atoms with van der Waals surface area (Å²) in [5, 5.41) is 8.60. The molecule has 0 fully saturated rings. The molecule has 0 radical (unpaired) electrons. The average molecular weight is 462 g/mol. The van der Waals surface area contributed by atoms with Crippen molar-refractivity contribution in [2.45, 2.75) is 45.2 Å². The Morgan fingerprint density at radius 2 is 1.81 bits per heavy atom. The zero-order chi connectivity index (χ0) is 23.5. The molecule has 2 heterocycles. The van der Waals surface area contributed by atoms with E-state index in [2.05, 4.69) is 10.2 Å². The van der Waals surface area contributed by atoms with Crippen molar-refractivity contribution in [2.75, 3.05) is 20.8 Å². The Hall–Kier alpha value is -2.85. The molecule has 0 N–H and O–H groups in total. The Labute approximate surface area is 189 Å². The number of sulfonamides is 1. The van der Waals surface area contributed by atoms with Crippen molar-refractivity contribution < 1.29 is 17.9 Å². The van der Waals surface area contributed by atoms with Crippen molar-refractivity contribution in [3.63, 3.8) is 0 Å². The van der Waals surface area contributed by atoms with Crippen LogP contribution < -0.4 is 9.47 Å². The van der Waals surface area contributed by atoms with Gasteiger partial charge in [-0.05, 0) is 51.0 Å². The molecule has 0 atom stereocenters. The highest BCUT2D eigenvalue weighted by atomic mass is 32.2. The Kier molecular flexibility index (Phi) is 7.25. The van der Waals surface area contributed by atoms with Crippen molar-refractivity contribution in [1.82, 2.24) is 23.9 Å². The molecule has 0 aliphatic heterocycles. The van der Waals surface area contributed by atoms with Crippen LogP contribution in [-0.4, -0.2) is 53.0 Å². The summed E-state index contributed by atoms with van der Waals surface area (Å²) in [5.74, 6) is 1.25. The number of aryl methyl sites for hydroxylation is 3. The first-order valence-corrected chi connectivity index (χ1v) is 11.9. The van der Waals surface area contributed by atoms with Gasteiger partial charge in [0.05, 0.1) is 37.8 Å². The van der Waals surface area contributed by atoms with Crippen LogP contribution in [0.25, 0.3) is 0 Å². The Bertz CT molecular complexity index is 1180. The average Bonchev–Trinajstić information content (AvgIpc) is 3.33. The Morgan fingerprint density at radius 3 is 2.41 bits per heavy atom. The lowest BCUT2D eigenvalue weighted by Gasteiger charge is -2.23. The number of ether oxygens (including phenoxy) is 2. The standard InChI is InChI=1S/C22H31N5O4S/c1-7-27-19(10-12-23-27)15-26(32(28,29)22-16(2)24-25(4)17(22)3)13-11-18-8-9-20(30-5)21(14-18)31-6/h8-10,12,14H,7,11,13,15H2,1-6H3. The predicted octanol–water partition coefficient (Wildman–Crippen LogP) is 2.70. The summed E-state index contributed by atoms with van der Waals surface area (Å²) in [6.45, 7) is 6.65. The van der Waals surface area contributed by atoms with Gasteiger partial charge >= 0.3 is 0 Å². The number of hydrogen-bond donors (Lipinski definition) is 0. The molecule has 0 aliphatic rings. The molecular weight excluding hydrogens is 430 g/mol. The number of benzene rings is 1. The maximum atomic E-state index is 13.8. The Morgan fingerprint density at radius 1 is 1.09 bits per heavy atom.